The number of nitrogens with one attached hydrogen (secondary N) is 1. The van der Waals surface area contributed by atoms with Gasteiger partial charge in [-0.05, 0) is 30.5 Å². The van der Waals surface area contributed by atoms with Gasteiger partial charge in [0.2, 0.25) is 0 Å². The quantitative estimate of drug-likeness (QED) is 0.880. The highest BCUT2D eigenvalue weighted by atomic mass is 16.5. The molecular formula is C14H15N3O2. The maximum Gasteiger partial charge on any atom is 0.277 e. The molecule has 0 aliphatic heterocycles. The van der Waals surface area contributed by atoms with Gasteiger partial charge in [0, 0.05) is 24.2 Å². The number of hydrogen-bond donors (Lipinski definition) is 2. The van der Waals surface area contributed by atoms with E-state index in [2.05, 4.69) is 10.5 Å². The summed E-state index contributed by atoms with van der Waals surface area (Å²) in [6.07, 6.45) is 2.24. The molecule has 3 rings (SSSR count). The predicted octanol–water partition coefficient (Wildman–Crippen LogP) is 2.26. The van der Waals surface area contributed by atoms with Gasteiger partial charge in [0.05, 0.1) is 0 Å². The number of carbonyl (C=O) groups is 1. The van der Waals surface area contributed by atoms with Gasteiger partial charge in [-0.1, -0.05) is 17.3 Å². The minimum Gasteiger partial charge on any atom is -0.360 e. The fraction of sp³-hybridized carbons (Fsp3) is 0.286. The van der Waals surface area contributed by atoms with E-state index in [1.807, 2.05) is 24.3 Å². The first-order valence-electron chi connectivity index (χ1n) is 6.33. The molecule has 0 unspecified atom stereocenters. The Morgan fingerprint density at radius 1 is 1.37 bits per heavy atom. The zero-order valence-corrected chi connectivity index (χ0v) is 10.4. The van der Waals surface area contributed by atoms with Crippen LogP contribution in [0, 0.1) is 0 Å². The number of anilines is 1. The third kappa shape index (κ3) is 2.66. The minimum absolute atomic E-state index is 0.254. The number of amides is 1. The molecular weight excluding hydrogens is 242 g/mol. The Hall–Kier alpha value is -2.14. The molecule has 98 valence electrons. The summed E-state index contributed by atoms with van der Waals surface area (Å²) >= 11 is 0. The molecule has 5 heteroatoms. The van der Waals surface area contributed by atoms with Crippen LogP contribution in [0.3, 0.4) is 0 Å². The molecule has 1 aliphatic carbocycles. The Labute approximate surface area is 110 Å². The van der Waals surface area contributed by atoms with E-state index in [0.717, 1.165) is 29.9 Å². The average Bonchev–Trinajstić information content (AvgIpc) is 3.17. The van der Waals surface area contributed by atoms with Crippen molar-refractivity contribution in [1.82, 2.24) is 5.16 Å². The molecule has 1 amide bonds. The highest BCUT2D eigenvalue weighted by molar-refractivity contribution is 6.02. The number of benzene rings is 1. The van der Waals surface area contributed by atoms with E-state index in [1.54, 1.807) is 6.07 Å². The number of nitrogens with two attached hydrogens (primary N) is 1. The van der Waals surface area contributed by atoms with Gasteiger partial charge in [-0.15, -0.1) is 0 Å². The number of carbonyl (C=O) groups excluding carboxylic acids is 1. The second kappa shape index (κ2) is 4.85. The maximum absolute atomic E-state index is 12.0. The van der Waals surface area contributed by atoms with Crippen LogP contribution in [0.5, 0.6) is 0 Å². The zero-order valence-electron chi connectivity index (χ0n) is 10.4. The molecule has 5 nitrogen and oxygen atoms in total. The maximum atomic E-state index is 12.0. The van der Waals surface area contributed by atoms with Crippen LogP contribution in [0.4, 0.5) is 5.69 Å². The number of hydrogen-bond acceptors (Lipinski definition) is 4. The molecule has 0 saturated heterocycles. The third-order valence-electron chi connectivity index (χ3n) is 3.19. The summed E-state index contributed by atoms with van der Waals surface area (Å²) in [5, 5.41) is 6.58. The lowest BCUT2D eigenvalue weighted by Crippen LogP contribution is -2.12. The van der Waals surface area contributed by atoms with Gasteiger partial charge in [0.1, 0.15) is 5.76 Å². The Kier molecular flexibility index (Phi) is 3.05. The summed E-state index contributed by atoms with van der Waals surface area (Å²) in [6.45, 7) is 0.488. The molecule has 1 saturated carbocycles. The van der Waals surface area contributed by atoms with Crippen molar-refractivity contribution < 1.29 is 9.32 Å². The Bertz CT molecular complexity index is 585. The fourth-order valence-corrected chi connectivity index (χ4v) is 1.88. The summed E-state index contributed by atoms with van der Waals surface area (Å²) in [6, 6.07) is 9.13. The summed E-state index contributed by atoms with van der Waals surface area (Å²) in [4.78, 5) is 12.0. The van der Waals surface area contributed by atoms with Crippen LogP contribution in [0.25, 0.3) is 0 Å². The van der Waals surface area contributed by atoms with E-state index >= 15 is 0 Å². The van der Waals surface area contributed by atoms with Crippen molar-refractivity contribution in [2.45, 2.75) is 25.3 Å². The van der Waals surface area contributed by atoms with Crippen molar-refractivity contribution in [3.8, 4) is 0 Å². The Morgan fingerprint density at radius 3 is 2.74 bits per heavy atom. The van der Waals surface area contributed by atoms with Crippen molar-refractivity contribution in [1.29, 1.82) is 0 Å². The summed E-state index contributed by atoms with van der Waals surface area (Å²) in [5.74, 6) is 1.01. The van der Waals surface area contributed by atoms with Crippen LogP contribution in [0.2, 0.25) is 0 Å². The summed E-state index contributed by atoms with van der Waals surface area (Å²) in [5.41, 5.74) is 7.59. The van der Waals surface area contributed by atoms with E-state index in [0.29, 0.717) is 18.2 Å². The molecule has 1 fully saturated rings. The molecule has 1 heterocycles. The summed E-state index contributed by atoms with van der Waals surface area (Å²) < 4.78 is 5.16. The van der Waals surface area contributed by atoms with E-state index in [-0.39, 0.29) is 5.91 Å². The highest BCUT2D eigenvalue weighted by Gasteiger charge is 2.28. The second-order valence-electron chi connectivity index (χ2n) is 4.74. The molecule has 0 spiro atoms. The SMILES string of the molecule is NCc1ccc(NC(=O)c2cc(C3CC3)on2)cc1. The normalized spacial score (nSPS) is 14.4. The molecule has 0 bridgehead atoms. The van der Waals surface area contributed by atoms with E-state index in [9.17, 15) is 4.79 Å². The minimum atomic E-state index is -0.254. The van der Waals surface area contributed by atoms with E-state index < -0.39 is 0 Å². The predicted molar refractivity (Wildman–Crippen MR) is 70.8 cm³/mol. The number of rotatable bonds is 4. The molecule has 19 heavy (non-hydrogen) atoms. The van der Waals surface area contributed by atoms with Gasteiger partial charge in [-0.25, -0.2) is 0 Å². The van der Waals surface area contributed by atoms with Crippen molar-refractivity contribution in [2.75, 3.05) is 5.32 Å². The molecule has 0 atom stereocenters. The van der Waals surface area contributed by atoms with Crippen LogP contribution >= 0.6 is 0 Å². The van der Waals surface area contributed by atoms with E-state index in [4.69, 9.17) is 10.3 Å². The molecule has 3 N–H and O–H groups in total. The van der Waals surface area contributed by atoms with Gasteiger partial charge >= 0.3 is 0 Å². The summed E-state index contributed by atoms with van der Waals surface area (Å²) in [7, 11) is 0. The smallest absolute Gasteiger partial charge is 0.277 e. The van der Waals surface area contributed by atoms with Crippen molar-refractivity contribution in [2.24, 2.45) is 5.73 Å². The first-order valence-corrected chi connectivity index (χ1v) is 6.33. The van der Waals surface area contributed by atoms with Gasteiger partial charge in [-0.2, -0.15) is 0 Å². The van der Waals surface area contributed by atoms with Gasteiger partial charge in [-0.3, -0.25) is 4.79 Å². The van der Waals surface area contributed by atoms with Crippen molar-refractivity contribution in [3.05, 3.63) is 47.3 Å². The van der Waals surface area contributed by atoms with Crippen LogP contribution in [0.15, 0.2) is 34.9 Å². The highest BCUT2D eigenvalue weighted by Crippen LogP contribution is 2.40. The molecule has 1 aromatic heterocycles. The Balaban J connectivity index is 1.68. The molecule has 1 aromatic carbocycles. The lowest BCUT2D eigenvalue weighted by molar-refractivity contribution is 0.101. The topological polar surface area (TPSA) is 81.1 Å². The number of aromatic nitrogens is 1. The Morgan fingerprint density at radius 2 is 2.11 bits per heavy atom. The van der Waals surface area contributed by atoms with Crippen LogP contribution in [0.1, 0.15) is 40.6 Å². The van der Waals surface area contributed by atoms with E-state index in [1.165, 1.54) is 0 Å². The molecule has 2 aromatic rings. The van der Waals surface area contributed by atoms with Crippen molar-refractivity contribution >= 4 is 11.6 Å². The molecule has 0 radical (unpaired) electrons. The van der Waals surface area contributed by atoms with Gasteiger partial charge in [0.25, 0.3) is 5.91 Å². The van der Waals surface area contributed by atoms with Crippen molar-refractivity contribution in [3.63, 3.8) is 0 Å². The lowest BCUT2D eigenvalue weighted by atomic mass is 10.2. The monoisotopic (exact) mass is 257 g/mol. The van der Waals surface area contributed by atoms with Gasteiger partial charge in [0.15, 0.2) is 5.69 Å². The fourth-order valence-electron chi connectivity index (χ4n) is 1.88. The van der Waals surface area contributed by atoms with Gasteiger partial charge < -0.3 is 15.6 Å². The largest absolute Gasteiger partial charge is 0.360 e. The van der Waals surface area contributed by atoms with Crippen LogP contribution < -0.4 is 11.1 Å². The molecule has 1 aliphatic rings. The second-order valence-corrected chi connectivity index (χ2v) is 4.74. The average molecular weight is 257 g/mol. The third-order valence-corrected chi connectivity index (χ3v) is 3.19. The number of nitrogens with zero attached hydrogens (tertiary/aromatic N) is 1. The lowest BCUT2D eigenvalue weighted by Gasteiger charge is -2.03. The zero-order chi connectivity index (χ0) is 13.2. The first kappa shape index (κ1) is 11.9. The first-order chi connectivity index (χ1) is 9.26. The standard InChI is InChI=1S/C14H15N3O2/c15-8-9-1-5-11(6-2-9)16-14(18)12-7-13(19-17-12)10-3-4-10/h1-2,5-7,10H,3-4,8,15H2,(H,16,18). The van der Waals surface area contributed by atoms with Crippen LogP contribution in [-0.4, -0.2) is 11.1 Å². The van der Waals surface area contributed by atoms with Crippen LogP contribution in [-0.2, 0) is 6.54 Å².